The summed E-state index contributed by atoms with van der Waals surface area (Å²) in [5, 5.41) is 8.84. The third kappa shape index (κ3) is 3.70. The van der Waals surface area contributed by atoms with Gasteiger partial charge in [-0.25, -0.2) is 4.98 Å². The average molecular weight is 321 g/mol. The first-order valence-corrected chi connectivity index (χ1v) is 7.89. The molecule has 2 heterocycles. The van der Waals surface area contributed by atoms with Gasteiger partial charge < -0.3 is 10.6 Å². The van der Waals surface area contributed by atoms with Crippen LogP contribution in [0.2, 0.25) is 0 Å². The molecule has 0 atom stereocenters. The van der Waals surface area contributed by atoms with Crippen molar-refractivity contribution in [1.82, 2.24) is 9.88 Å². The van der Waals surface area contributed by atoms with Crippen LogP contribution in [0.5, 0.6) is 0 Å². The van der Waals surface area contributed by atoms with Crippen LogP contribution in [0.25, 0.3) is 0 Å². The summed E-state index contributed by atoms with van der Waals surface area (Å²) in [6, 6.07) is 15.2. The number of hydrogen-bond acceptors (Lipinski definition) is 5. The first-order chi connectivity index (χ1) is 11.7. The molecule has 0 unspecified atom stereocenters. The van der Waals surface area contributed by atoms with Crippen LogP contribution in [0.1, 0.15) is 21.6 Å². The van der Waals surface area contributed by atoms with E-state index < -0.39 is 5.91 Å². The van der Waals surface area contributed by atoms with Crippen LogP contribution in [-0.4, -0.2) is 42.0 Å². The maximum Gasteiger partial charge on any atom is 0.267 e. The zero-order chi connectivity index (χ0) is 16.9. The summed E-state index contributed by atoms with van der Waals surface area (Å²) in [5.41, 5.74) is 7.48. The van der Waals surface area contributed by atoms with E-state index in [4.69, 9.17) is 11.0 Å². The number of carbonyl (C=O) groups excluding carboxylic acids is 1. The monoisotopic (exact) mass is 321 g/mol. The smallest absolute Gasteiger partial charge is 0.267 e. The fourth-order valence-electron chi connectivity index (χ4n) is 2.81. The van der Waals surface area contributed by atoms with Gasteiger partial charge in [-0.05, 0) is 29.8 Å². The van der Waals surface area contributed by atoms with Gasteiger partial charge in [-0.3, -0.25) is 9.69 Å². The Hall–Kier alpha value is -2.91. The van der Waals surface area contributed by atoms with Crippen molar-refractivity contribution in [2.45, 2.75) is 6.54 Å². The molecular formula is C18H19N5O. The van der Waals surface area contributed by atoms with Gasteiger partial charge >= 0.3 is 0 Å². The lowest BCUT2D eigenvalue weighted by atomic mass is 10.1. The molecule has 1 aromatic carbocycles. The predicted molar refractivity (Wildman–Crippen MR) is 91.4 cm³/mol. The van der Waals surface area contributed by atoms with Gasteiger partial charge in [0.15, 0.2) is 0 Å². The number of rotatable bonds is 4. The molecule has 24 heavy (non-hydrogen) atoms. The third-order valence-electron chi connectivity index (χ3n) is 4.17. The minimum Gasteiger partial charge on any atom is -0.364 e. The summed E-state index contributed by atoms with van der Waals surface area (Å²) in [5.74, 6) is 0.292. The van der Waals surface area contributed by atoms with E-state index >= 15 is 0 Å². The highest BCUT2D eigenvalue weighted by molar-refractivity contribution is 5.91. The molecule has 122 valence electrons. The second kappa shape index (κ2) is 7.11. The lowest BCUT2D eigenvalue weighted by molar-refractivity contribution is 0.0995. The van der Waals surface area contributed by atoms with Crippen molar-refractivity contribution in [3.05, 3.63) is 59.3 Å². The number of nitrogens with zero attached hydrogens (tertiary/aromatic N) is 4. The van der Waals surface area contributed by atoms with Gasteiger partial charge in [0.25, 0.3) is 5.91 Å². The van der Waals surface area contributed by atoms with Crippen LogP contribution in [0.4, 0.5) is 5.82 Å². The Morgan fingerprint density at radius 3 is 2.46 bits per heavy atom. The van der Waals surface area contributed by atoms with E-state index in [1.54, 1.807) is 6.07 Å². The normalized spacial score (nSPS) is 15.0. The van der Waals surface area contributed by atoms with Crippen LogP contribution in [-0.2, 0) is 6.54 Å². The standard InChI is InChI=1S/C18H19N5O/c19-12-14-4-6-15(7-5-14)13-22-8-10-23(11-9-22)17-3-1-2-16(21-17)18(20)24/h1-7H,8-11,13H2,(H2,20,24). The Labute approximate surface area is 141 Å². The van der Waals surface area contributed by atoms with Crippen LogP contribution in [0.15, 0.2) is 42.5 Å². The van der Waals surface area contributed by atoms with E-state index in [9.17, 15) is 4.79 Å². The van der Waals surface area contributed by atoms with Gasteiger partial charge in [0.05, 0.1) is 11.6 Å². The molecule has 2 aromatic rings. The number of anilines is 1. The molecule has 1 saturated heterocycles. The average Bonchev–Trinajstić information content (AvgIpc) is 2.63. The van der Waals surface area contributed by atoms with Gasteiger partial charge in [-0.2, -0.15) is 5.26 Å². The largest absolute Gasteiger partial charge is 0.364 e. The molecule has 3 rings (SSSR count). The number of piperazine rings is 1. The first-order valence-electron chi connectivity index (χ1n) is 7.89. The summed E-state index contributed by atoms with van der Waals surface area (Å²) in [7, 11) is 0. The Morgan fingerprint density at radius 2 is 1.83 bits per heavy atom. The van der Waals surface area contributed by atoms with Crippen LogP contribution in [0.3, 0.4) is 0 Å². The Morgan fingerprint density at radius 1 is 1.12 bits per heavy atom. The van der Waals surface area contributed by atoms with Gasteiger partial charge in [0.1, 0.15) is 11.5 Å². The van der Waals surface area contributed by atoms with E-state index in [0.29, 0.717) is 11.3 Å². The summed E-state index contributed by atoms with van der Waals surface area (Å²) >= 11 is 0. The lowest BCUT2D eigenvalue weighted by Gasteiger charge is -2.35. The van der Waals surface area contributed by atoms with Crippen molar-refractivity contribution in [3.8, 4) is 6.07 Å². The molecule has 6 heteroatoms. The highest BCUT2D eigenvalue weighted by atomic mass is 16.1. The molecule has 6 nitrogen and oxygen atoms in total. The van der Waals surface area contributed by atoms with E-state index in [1.807, 2.05) is 36.4 Å². The Kier molecular flexibility index (Phi) is 4.73. The van der Waals surface area contributed by atoms with Crippen molar-refractivity contribution in [1.29, 1.82) is 5.26 Å². The molecule has 0 saturated carbocycles. The van der Waals surface area contributed by atoms with Crippen molar-refractivity contribution in [2.75, 3.05) is 31.1 Å². The molecule has 0 aliphatic carbocycles. The molecule has 1 aliphatic heterocycles. The van der Waals surface area contributed by atoms with Crippen molar-refractivity contribution >= 4 is 11.7 Å². The number of primary amides is 1. The number of nitriles is 1. The minimum absolute atomic E-state index is 0.299. The van der Waals surface area contributed by atoms with Gasteiger partial charge in [0.2, 0.25) is 0 Å². The summed E-state index contributed by atoms with van der Waals surface area (Å²) in [6.07, 6.45) is 0. The topological polar surface area (TPSA) is 86.3 Å². The molecular weight excluding hydrogens is 302 g/mol. The minimum atomic E-state index is -0.503. The number of nitrogens with two attached hydrogens (primary N) is 1. The molecule has 1 aliphatic rings. The van der Waals surface area contributed by atoms with Crippen LogP contribution < -0.4 is 10.6 Å². The second-order valence-corrected chi connectivity index (χ2v) is 5.82. The number of carbonyl (C=O) groups is 1. The van der Waals surface area contributed by atoms with Crippen LogP contribution in [0, 0.1) is 11.3 Å². The molecule has 0 spiro atoms. The third-order valence-corrected chi connectivity index (χ3v) is 4.17. The maximum atomic E-state index is 11.2. The predicted octanol–water partition coefficient (Wildman–Crippen LogP) is 1.37. The Bertz CT molecular complexity index is 758. The zero-order valence-corrected chi connectivity index (χ0v) is 13.4. The van der Waals surface area contributed by atoms with E-state index in [2.05, 4.69) is 20.9 Å². The number of amides is 1. The van der Waals surface area contributed by atoms with E-state index in [0.717, 1.165) is 38.5 Å². The molecule has 1 amide bonds. The van der Waals surface area contributed by atoms with Crippen molar-refractivity contribution < 1.29 is 4.79 Å². The summed E-state index contributed by atoms with van der Waals surface area (Å²) < 4.78 is 0. The van der Waals surface area contributed by atoms with Gasteiger partial charge in [-0.15, -0.1) is 0 Å². The maximum absolute atomic E-state index is 11.2. The van der Waals surface area contributed by atoms with E-state index in [-0.39, 0.29) is 0 Å². The molecule has 0 radical (unpaired) electrons. The zero-order valence-electron chi connectivity index (χ0n) is 13.4. The number of hydrogen-bond donors (Lipinski definition) is 1. The fourth-order valence-corrected chi connectivity index (χ4v) is 2.81. The molecule has 1 fully saturated rings. The van der Waals surface area contributed by atoms with Crippen molar-refractivity contribution in [3.63, 3.8) is 0 Å². The van der Waals surface area contributed by atoms with E-state index in [1.165, 1.54) is 5.56 Å². The van der Waals surface area contributed by atoms with Crippen molar-refractivity contribution in [2.24, 2.45) is 5.73 Å². The number of pyridine rings is 1. The van der Waals surface area contributed by atoms with Crippen LogP contribution >= 0.6 is 0 Å². The summed E-state index contributed by atoms with van der Waals surface area (Å²) in [4.78, 5) is 20.1. The number of aromatic nitrogens is 1. The quantitative estimate of drug-likeness (QED) is 0.919. The summed E-state index contributed by atoms with van der Waals surface area (Å²) in [6.45, 7) is 4.41. The highest BCUT2D eigenvalue weighted by Gasteiger charge is 2.18. The number of benzene rings is 1. The molecule has 1 aromatic heterocycles. The second-order valence-electron chi connectivity index (χ2n) is 5.82. The lowest BCUT2D eigenvalue weighted by Crippen LogP contribution is -2.46. The highest BCUT2D eigenvalue weighted by Crippen LogP contribution is 2.16. The molecule has 2 N–H and O–H groups in total. The molecule has 0 bridgehead atoms. The van der Waals surface area contributed by atoms with Gasteiger partial charge in [0, 0.05) is 32.7 Å². The van der Waals surface area contributed by atoms with Gasteiger partial charge in [-0.1, -0.05) is 18.2 Å². The Balaban J connectivity index is 1.58. The SMILES string of the molecule is N#Cc1ccc(CN2CCN(c3cccc(C(N)=O)n3)CC2)cc1. The first kappa shape index (κ1) is 16.0. The fraction of sp³-hybridized carbons (Fsp3) is 0.278.